The molecule has 6 aromatic rings. The van der Waals surface area contributed by atoms with Gasteiger partial charge in [0.1, 0.15) is 5.65 Å². The van der Waals surface area contributed by atoms with Gasteiger partial charge in [-0.05, 0) is 71.0 Å². The lowest BCUT2D eigenvalue weighted by molar-refractivity contribution is 0.955. The summed E-state index contributed by atoms with van der Waals surface area (Å²) in [5.74, 6) is -0.304. The molecule has 0 N–H and O–H groups in total. The molecule has 0 saturated heterocycles. The minimum Gasteiger partial charge on any atom is -0.268 e. The molecule has 4 aromatic carbocycles. The molecular weight excluding hydrogens is 540 g/mol. The van der Waals surface area contributed by atoms with E-state index in [4.69, 9.17) is 4.98 Å². The number of nitrogens with zero attached hydrogens (tertiary/aromatic N) is 4. The zero-order valence-electron chi connectivity index (χ0n) is 23.7. The van der Waals surface area contributed by atoms with Crippen molar-refractivity contribution < 1.29 is 0 Å². The molecule has 5 nitrogen and oxygen atoms in total. The fourth-order valence-corrected chi connectivity index (χ4v) is 6.82. The molecule has 44 heavy (non-hydrogen) atoms. The van der Waals surface area contributed by atoms with E-state index in [2.05, 4.69) is 30.4 Å². The summed E-state index contributed by atoms with van der Waals surface area (Å²) in [6.45, 7) is 0. The Morgan fingerprint density at radius 2 is 1.57 bits per heavy atom. The first-order chi connectivity index (χ1) is 21.7. The minimum atomic E-state index is -0.304. The monoisotopic (exact) mass is 564 g/mol. The van der Waals surface area contributed by atoms with E-state index in [-0.39, 0.29) is 11.5 Å². The number of fused-ring (bicyclic) bond motifs is 4. The number of nitriles is 2. The van der Waals surface area contributed by atoms with Crippen molar-refractivity contribution in [3.8, 4) is 23.3 Å². The van der Waals surface area contributed by atoms with Gasteiger partial charge in [0.05, 0.1) is 29.1 Å². The van der Waals surface area contributed by atoms with Crippen LogP contribution in [0, 0.1) is 22.7 Å². The van der Waals surface area contributed by atoms with Crippen molar-refractivity contribution in [2.45, 2.75) is 18.8 Å². The Balaban J connectivity index is 1.49. The molecule has 5 heteroatoms. The van der Waals surface area contributed by atoms with Crippen LogP contribution in [0.3, 0.4) is 0 Å². The summed E-state index contributed by atoms with van der Waals surface area (Å²) in [5.41, 5.74) is 7.51. The molecule has 0 saturated carbocycles. The van der Waals surface area contributed by atoms with Crippen LogP contribution in [0.2, 0.25) is 0 Å². The molecule has 206 valence electrons. The van der Waals surface area contributed by atoms with E-state index in [0.29, 0.717) is 33.6 Å². The van der Waals surface area contributed by atoms with Gasteiger partial charge in [-0.2, -0.15) is 10.5 Å². The van der Waals surface area contributed by atoms with E-state index < -0.39 is 0 Å². The van der Waals surface area contributed by atoms with Crippen molar-refractivity contribution in [2.75, 3.05) is 0 Å². The average molecular weight is 565 g/mol. The first-order valence-electron chi connectivity index (χ1n) is 14.7. The van der Waals surface area contributed by atoms with Crippen LogP contribution in [0.5, 0.6) is 0 Å². The van der Waals surface area contributed by atoms with Crippen LogP contribution in [0.15, 0.2) is 125 Å². The largest absolute Gasteiger partial charge is 0.268 e. The third kappa shape index (κ3) is 3.77. The lowest BCUT2D eigenvalue weighted by Gasteiger charge is -2.22. The third-order valence-electron chi connectivity index (χ3n) is 8.78. The SMILES string of the molecule is N#CC1=Cc2nc3c4ccc(C#N)c5c(-c6ccccc6)ccc(c(=O)n3c2C=C(C2=CCCC=C2)C1c1ccccc1)c54. The standard InChI is InChI=1S/C39H24N4O/c40-22-27-16-17-30-37-31(19-18-29(36(27)37)24-10-4-1-5-11-24)39(44)43-34-21-32(25-12-6-2-7-13-25)35(26-14-8-3-9-15-26)28(23-41)20-33(34)42-38(30)43/h1,3-6,8-21,35H,2,7H2. The van der Waals surface area contributed by atoms with E-state index in [1.807, 2.05) is 97.1 Å². The molecule has 0 radical (unpaired) electrons. The minimum absolute atomic E-state index is 0.199. The van der Waals surface area contributed by atoms with Gasteiger partial charge >= 0.3 is 0 Å². The quantitative estimate of drug-likeness (QED) is 0.216. The van der Waals surface area contributed by atoms with Gasteiger partial charge in [-0.15, -0.1) is 0 Å². The van der Waals surface area contributed by atoms with Crippen LogP contribution < -0.4 is 5.56 Å². The summed E-state index contributed by atoms with van der Waals surface area (Å²) >= 11 is 0. The lowest BCUT2D eigenvalue weighted by atomic mass is 9.80. The fourth-order valence-electron chi connectivity index (χ4n) is 6.82. The first kappa shape index (κ1) is 25.7. The molecule has 2 aliphatic carbocycles. The highest BCUT2D eigenvalue weighted by molar-refractivity contribution is 6.20. The molecule has 2 aromatic heterocycles. The molecule has 2 aliphatic rings. The van der Waals surface area contributed by atoms with Gasteiger partial charge in [0.2, 0.25) is 0 Å². The topological polar surface area (TPSA) is 81.9 Å². The van der Waals surface area contributed by atoms with Crippen molar-refractivity contribution in [1.29, 1.82) is 10.5 Å². The Labute approximate surface area is 253 Å². The van der Waals surface area contributed by atoms with Crippen molar-refractivity contribution in [3.63, 3.8) is 0 Å². The van der Waals surface area contributed by atoms with Crippen LogP contribution >= 0.6 is 0 Å². The molecule has 0 fully saturated rings. The number of imidazole rings is 1. The van der Waals surface area contributed by atoms with Crippen molar-refractivity contribution in [1.82, 2.24) is 9.38 Å². The van der Waals surface area contributed by atoms with Gasteiger partial charge < -0.3 is 0 Å². The second kappa shape index (κ2) is 10.1. The summed E-state index contributed by atoms with van der Waals surface area (Å²) in [5, 5.41) is 23.4. The summed E-state index contributed by atoms with van der Waals surface area (Å²) in [6, 6.07) is 32.3. The summed E-state index contributed by atoms with van der Waals surface area (Å²) in [4.78, 5) is 19.5. The van der Waals surface area contributed by atoms with Gasteiger partial charge in [-0.3, -0.25) is 9.20 Å². The Kier molecular flexibility index (Phi) is 5.86. The molecule has 0 aliphatic heterocycles. The Hall–Kier alpha value is -6.04. The smallest absolute Gasteiger partial charge is 0.264 e. The van der Waals surface area contributed by atoms with Crippen LogP contribution in [-0.2, 0) is 0 Å². The highest BCUT2D eigenvalue weighted by Crippen LogP contribution is 2.43. The molecule has 1 unspecified atom stereocenters. The van der Waals surface area contributed by atoms with Gasteiger partial charge in [0, 0.05) is 33.0 Å². The number of pyridine rings is 1. The van der Waals surface area contributed by atoms with E-state index in [1.165, 1.54) is 0 Å². The predicted octanol–water partition coefficient (Wildman–Crippen LogP) is 8.34. The zero-order chi connectivity index (χ0) is 29.8. The predicted molar refractivity (Wildman–Crippen MR) is 175 cm³/mol. The average Bonchev–Trinajstić information content (AvgIpc) is 3.36. The second-order valence-electron chi connectivity index (χ2n) is 11.2. The normalized spacial score (nSPS) is 16.1. The zero-order valence-corrected chi connectivity index (χ0v) is 23.7. The second-order valence-corrected chi connectivity index (χ2v) is 11.2. The number of hydrogen-bond donors (Lipinski definition) is 0. The molecule has 0 bridgehead atoms. The van der Waals surface area contributed by atoms with E-state index in [1.54, 1.807) is 4.40 Å². The van der Waals surface area contributed by atoms with Crippen molar-refractivity contribution in [3.05, 3.63) is 153 Å². The van der Waals surface area contributed by atoms with Crippen LogP contribution in [-0.4, -0.2) is 9.38 Å². The molecular formula is C39H24N4O. The fraction of sp³-hybridized carbons (Fsp3) is 0.0769. The maximum Gasteiger partial charge on any atom is 0.264 e. The van der Waals surface area contributed by atoms with Gasteiger partial charge in [0.25, 0.3) is 5.56 Å². The maximum absolute atomic E-state index is 14.5. The van der Waals surface area contributed by atoms with Crippen LogP contribution in [0.1, 0.15) is 41.3 Å². The van der Waals surface area contributed by atoms with Gasteiger partial charge in [-0.1, -0.05) is 85.0 Å². The third-order valence-corrected chi connectivity index (χ3v) is 8.78. The van der Waals surface area contributed by atoms with E-state index in [0.717, 1.165) is 56.8 Å². The lowest BCUT2D eigenvalue weighted by Crippen LogP contribution is -2.15. The van der Waals surface area contributed by atoms with Crippen molar-refractivity contribution in [2.24, 2.45) is 0 Å². The highest BCUT2D eigenvalue weighted by atomic mass is 16.1. The van der Waals surface area contributed by atoms with E-state index >= 15 is 0 Å². The number of rotatable bonds is 3. The summed E-state index contributed by atoms with van der Waals surface area (Å²) in [6.07, 6.45) is 12.2. The number of allylic oxidation sites excluding steroid dienone is 6. The molecule has 2 heterocycles. The number of benzene rings is 4. The van der Waals surface area contributed by atoms with Crippen molar-refractivity contribution >= 4 is 39.3 Å². The summed E-state index contributed by atoms with van der Waals surface area (Å²) in [7, 11) is 0. The first-order valence-corrected chi connectivity index (χ1v) is 14.7. The van der Waals surface area contributed by atoms with Gasteiger partial charge in [-0.25, -0.2) is 4.98 Å². The van der Waals surface area contributed by atoms with Crippen LogP contribution in [0.4, 0.5) is 0 Å². The van der Waals surface area contributed by atoms with Crippen LogP contribution in [0.25, 0.3) is 50.5 Å². The molecule has 0 amide bonds. The molecule has 8 rings (SSSR count). The Bertz CT molecular complexity index is 2410. The summed E-state index contributed by atoms with van der Waals surface area (Å²) < 4.78 is 1.69. The van der Waals surface area contributed by atoms with Gasteiger partial charge in [0.15, 0.2) is 0 Å². The number of hydrogen-bond acceptors (Lipinski definition) is 4. The Morgan fingerprint density at radius 3 is 2.30 bits per heavy atom. The molecule has 0 spiro atoms. The number of aromatic nitrogens is 2. The highest BCUT2D eigenvalue weighted by Gasteiger charge is 2.29. The maximum atomic E-state index is 14.5. The Morgan fingerprint density at radius 1 is 0.795 bits per heavy atom. The molecule has 1 atom stereocenters. The van der Waals surface area contributed by atoms with E-state index in [9.17, 15) is 15.3 Å².